The summed E-state index contributed by atoms with van der Waals surface area (Å²) in [6.45, 7) is 2.15. The molecule has 6 nitrogen and oxygen atoms in total. The fourth-order valence-electron chi connectivity index (χ4n) is 2.40. The van der Waals surface area contributed by atoms with E-state index in [1.54, 1.807) is 7.11 Å². The number of ether oxygens (including phenoxy) is 1. The van der Waals surface area contributed by atoms with Gasteiger partial charge in [-0.3, -0.25) is 4.79 Å². The number of amides is 1. The Labute approximate surface area is 141 Å². The number of carbonyl (C=O) groups is 1. The molecule has 0 saturated carbocycles. The van der Waals surface area contributed by atoms with Crippen molar-refractivity contribution < 1.29 is 17.9 Å². The first-order valence-electron chi connectivity index (χ1n) is 7.26. The van der Waals surface area contributed by atoms with Crippen LogP contribution in [-0.4, -0.2) is 28.0 Å². The highest BCUT2D eigenvalue weighted by Gasteiger charge is 2.29. The average Bonchev–Trinajstić information content (AvgIpc) is 2.55. The molecule has 24 heavy (non-hydrogen) atoms. The quantitative estimate of drug-likeness (QED) is 0.829. The molecule has 0 radical (unpaired) electrons. The van der Waals surface area contributed by atoms with E-state index in [-0.39, 0.29) is 17.4 Å². The van der Waals surface area contributed by atoms with E-state index in [1.165, 1.54) is 24.3 Å². The zero-order valence-corrected chi connectivity index (χ0v) is 14.3. The summed E-state index contributed by atoms with van der Waals surface area (Å²) in [5.74, 6) is -0.334. The van der Waals surface area contributed by atoms with Gasteiger partial charge >= 0.3 is 0 Å². The molecule has 7 heteroatoms. The molecule has 0 spiro atoms. The number of carbonyl (C=O) groups excluding carboxylic acids is 1. The Morgan fingerprint density at radius 3 is 2.21 bits per heavy atom. The molecule has 1 amide bonds. The number of hydrogen-bond acceptors (Lipinski definition) is 4. The summed E-state index contributed by atoms with van der Waals surface area (Å²) in [6, 6.07) is 14.9. The average molecular weight is 348 g/mol. The topological polar surface area (TPSA) is 98.5 Å². The molecule has 2 aromatic carbocycles. The van der Waals surface area contributed by atoms with Gasteiger partial charge in [-0.2, -0.15) is 0 Å². The van der Waals surface area contributed by atoms with E-state index in [0.717, 1.165) is 5.56 Å². The number of sulfonamides is 1. The summed E-state index contributed by atoms with van der Waals surface area (Å²) >= 11 is 0. The van der Waals surface area contributed by atoms with E-state index in [2.05, 4.69) is 5.32 Å². The van der Waals surface area contributed by atoms with Crippen LogP contribution in [0.1, 0.15) is 22.8 Å². The van der Waals surface area contributed by atoms with E-state index >= 15 is 0 Å². The molecule has 0 fully saturated rings. The van der Waals surface area contributed by atoms with Crippen molar-refractivity contribution in [3.8, 4) is 0 Å². The van der Waals surface area contributed by atoms with Gasteiger partial charge in [0.15, 0.2) is 0 Å². The van der Waals surface area contributed by atoms with Crippen LogP contribution < -0.4 is 10.5 Å². The second-order valence-corrected chi connectivity index (χ2v) is 7.22. The Balaban J connectivity index is 2.25. The zero-order valence-electron chi connectivity index (χ0n) is 13.5. The minimum Gasteiger partial charge on any atom is -0.382 e. The zero-order chi connectivity index (χ0) is 17.8. The number of hydrogen-bond donors (Lipinski definition) is 2. The number of methoxy groups -OCH3 is 1. The van der Waals surface area contributed by atoms with Crippen LogP contribution in [0.3, 0.4) is 0 Å². The van der Waals surface area contributed by atoms with Gasteiger partial charge in [-0.15, -0.1) is 0 Å². The highest BCUT2D eigenvalue weighted by atomic mass is 32.2. The second-order valence-electron chi connectivity index (χ2n) is 5.65. The van der Waals surface area contributed by atoms with Crippen LogP contribution in [0.4, 0.5) is 0 Å². The van der Waals surface area contributed by atoms with E-state index < -0.39 is 15.6 Å². The Bertz CT molecular complexity index is 804. The molecular formula is C17H20N2O4S. The number of primary sulfonamides is 1. The van der Waals surface area contributed by atoms with Crippen molar-refractivity contribution in [3.05, 3.63) is 65.7 Å². The first-order valence-corrected chi connectivity index (χ1v) is 8.81. The molecule has 2 aromatic rings. The fraction of sp³-hybridized carbons (Fsp3) is 0.235. The van der Waals surface area contributed by atoms with Gasteiger partial charge in [-0.25, -0.2) is 13.6 Å². The molecule has 1 atom stereocenters. The minimum absolute atomic E-state index is 0.0400. The third-order valence-corrected chi connectivity index (χ3v) is 4.61. The van der Waals surface area contributed by atoms with Gasteiger partial charge < -0.3 is 10.1 Å². The van der Waals surface area contributed by atoms with Gasteiger partial charge in [0.1, 0.15) is 0 Å². The van der Waals surface area contributed by atoms with Crippen molar-refractivity contribution in [3.63, 3.8) is 0 Å². The first kappa shape index (κ1) is 18.1. The van der Waals surface area contributed by atoms with Crippen molar-refractivity contribution in [2.45, 2.75) is 17.4 Å². The Morgan fingerprint density at radius 1 is 1.12 bits per heavy atom. The third kappa shape index (κ3) is 4.19. The van der Waals surface area contributed by atoms with Crippen LogP contribution in [0.2, 0.25) is 0 Å². The van der Waals surface area contributed by atoms with Crippen molar-refractivity contribution >= 4 is 15.9 Å². The van der Waals surface area contributed by atoms with Crippen molar-refractivity contribution in [1.82, 2.24) is 5.32 Å². The van der Waals surface area contributed by atoms with Crippen LogP contribution in [0, 0.1) is 0 Å². The normalized spacial score (nSPS) is 14.0. The summed E-state index contributed by atoms with van der Waals surface area (Å²) in [6.07, 6.45) is 0. The highest BCUT2D eigenvalue weighted by Crippen LogP contribution is 2.22. The van der Waals surface area contributed by atoms with Crippen LogP contribution in [0.15, 0.2) is 59.5 Å². The minimum atomic E-state index is -3.78. The van der Waals surface area contributed by atoms with E-state index in [0.29, 0.717) is 5.56 Å². The predicted octanol–water partition coefficient (Wildman–Crippen LogP) is 1.63. The first-order chi connectivity index (χ1) is 11.3. The van der Waals surface area contributed by atoms with Crippen LogP contribution >= 0.6 is 0 Å². The summed E-state index contributed by atoms with van der Waals surface area (Å²) in [5.41, 5.74) is 0.521. The van der Waals surface area contributed by atoms with Gasteiger partial charge in [-0.05, 0) is 36.8 Å². The Morgan fingerprint density at radius 2 is 1.71 bits per heavy atom. The van der Waals surface area contributed by atoms with Crippen molar-refractivity contribution in [2.24, 2.45) is 5.14 Å². The molecule has 0 aromatic heterocycles. The van der Waals surface area contributed by atoms with Crippen molar-refractivity contribution in [1.29, 1.82) is 0 Å². The smallest absolute Gasteiger partial charge is 0.252 e. The molecule has 0 aliphatic carbocycles. The predicted molar refractivity (Wildman–Crippen MR) is 91.0 cm³/mol. The van der Waals surface area contributed by atoms with Crippen LogP contribution in [-0.2, 0) is 20.3 Å². The number of benzene rings is 2. The van der Waals surface area contributed by atoms with E-state index in [9.17, 15) is 13.2 Å². The number of nitrogens with two attached hydrogens (primary N) is 1. The molecule has 0 aliphatic heterocycles. The third-order valence-electron chi connectivity index (χ3n) is 3.68. The van der Waals surface area contributed by atoms with Crippen LogP contribution in [0.5, 0.6) is 0 Å². The molecule has 3 N–H and O–H groups in total. The van der Waals surface area contributed by atoms with Crippen molar-refractivity contribution in [2.75, 3.05) is 13.7 Å². The molecule has 0 bridgehead atoms. The number of rotatable bonds is 6. The van der Waals surface area contributed by atoms with Gasteiger partial charge in [0, 0.05) is 12.7 Å². The standard InChI is InChI=1S/C17H20N2O4S/c1-17(12-23-2,14-6-4-3-5-7-14)19-16(20)13-8-10-15(11-9-13)24(18,21)22/h3-11H,12H2,1-2H3,(H,19,20)(H2,18,21,22)/t17-/m1/s1. The molecular weight excluding hydrogens is 328 g/mol. The van der Waals surface area contributed by atoms with E-state index in [1.807, 2.05) is 37.3 Å². The lowest BCUT2D eigenvalue weighted by Gasteiger charge is -2.30. The molecule has 0 aliphatic rings. The summed E-state index contributed by atoms with van der Waals surface area (Å²) in [7, 11) is -2.22. The number of nitrogens with one attached hydrogen (secondary N) is 1. The van der Waals surface area contributed by atoms with Gasteiger partial charge in [0.25, 0.3) is 5.91 Å². The maximum Gasteiger partial charge on any atom is 0.252 e. The lowest BCUT2D eigenvalue weighted by molar-refractivity contribution is 0.0786. The molecule has 0 unspecified atom stereocenters. The van der Waals surface area contributed by atoms with Gasteiger partial charge in [-0.1, -0.05) is 30.3 Å². The van der Waals surface area contributed by atoms with Crippen LogP contribution in [0.25, 0.3) is 0 Å². The molecule has 0 saturated heterocycles. The lowest BCUT2D eigenvalue weighted by atomic mass is 9.92. The maximum atomic E-state index is 12.5. The second kappa shape index (κ2) is 7.12. The largest absolute Gasteiger partial charge is 0.382 e. The summed E-state index contributed by atoms with van der Waals surface area (Å²) in [4.78, 5) is 12.5. The fourth-order valence-corrected chi connectivity index (χ4v) is 2.92. The molecule has 128 valence electrons. The molecule has 0 heterocycles. The maximum absolute atomic E-state index is 12.5. The summed E-state index contributed by atoms with van der Waals surface area (Å²) < 4.78 is 27.8. The SMILES string of the molecule is COC[C@@](C)(NC(=O)c1ccc(S(N)(=O)=O)cc1)c1ccccc1. The molecule has 2 rings (SSSR count). The van der Waals surface area contributed by atoms with Gasteiger partial charge in [0.05, 0.1) is 17.0 Å². The monoisotopic (exact) mass is 348 g/mol. The van der Waals surface area contributed by atoms with E-state index in [4.69, 9.17) is 9.88 Å². The Hall–Kier alpha value is -2.22. The highest BCUT2D eigenvalue weighted by molar-refractivity contribution is 7.89. The summed E-state index contributed by atoms with van der Waals surface area (Å²) in [5, 5.41) is 8.00. The van der Waals surface area contributed by atoms with Gasteiger partial charge in [0.2, 0.25) is 10.0 Å². The Kier molecular flexibility index (Phi) is 5.38. The lowest BCUT2D eigenvalue weighted by Crippen LogP contribution is -2.46.